The molecule has 0 atom stereocenters. The molecule has 2 aromatic rings. The number of alkyl halides is 3. The zero-order valence-corrected chi connectivity index (χ0v) is 9.38. The number of rotatable bonds is 1. The fourth-order valence-corrected chi connectivity index (χ4v) is 1.76. The molecule has 0 saturated carbocycles. The zero-order chi connectivity index (χ0) is 13.5. The molecule has 2 rings (SSSR count). The van der Waals surface area contributed by atoms with Gasteiger partial charge >= 0.3 is 12.1 Å². The Morgan fingerprint density at radius 1 is 1.28 bits per heavy atom. The fourth-order valence-electron chi connectivity index (χ4n) is 1.56. The number of carboxylic acids is 1. The summed E-state index contributed by atoms with van der Waals surface area (Å²) in [6.07, 6.45) is -4.62. The molecule has 1 aromatic carbocycles. The van der Waals surface area contributed by atoms with Crippen molar-refractivity contribution in [3.05, 3.63) is 40.5 Å². The molecular weight excluding hydrogens is 271 g/mol. The SMILES string of the molecule is O=C(O)c1ccc2nc(Cl)cc(C(F)(F)F)c2c1. The Kier molecular flexibility index (Phi) is 2.90. The number of hydrogen-bond donors (Lipinski definition) is 1. The third kappa shape index (κ3) is 2.24. The Balaban J connectivity index is 2.82. The van der Waals surface area contributed by atoms with E-state index >= 15 is 0 Å². The summed E-state index contributed by atoms with van der Waals surface area (Å²) in [5.41, 5.74) is -1.24. The van der Waals surface area contributed by atoms with E-state index in [0.717, 1.165) is 6.07 Å². The summed E-state index contributed by atoms with van der Waals surface area (Å²) in [6.45, 7) is 0. The van der Waals surface area contributed by atoms with Crippen molar-refractivity contribution in [2.24, 2.45) is 0 Å². The predicted molar refractivity (Wildman–Crippen MR) is 58.7 cm³/mol. The molecular formula is C11H5ClF3NO2. The lowest BCUT2D eigenvalue weighted by atomic mass is 10.1. The molecule has 1 aromatic heterocycles. The summed E-state index contributed by atoms with van der Waals surface area (Å²) in [5, 5.41) is 8.19. The van der Waals surface area contributed by atoms with Gasteiger partial charge in [-0.3, -0.25) is 0 Å². The number of fused-ring (bicyclic) bond motifs is 1. The second kappa shape index (κ2) is 4.13. The summed E-state index contributed by atoms with van der Waals surface area (Å²) in [7, 11) is 0. The van der Waals surface area contributed by atoms with Crippen molar-refractivity contribution in [2.75, 3.05) is 0 Å². The predicted octanol–water partition coefficient (Wildman–Crippen LogP) is 3.61. The first-order valence-electron chi connectivity index (χ1n) is 4.70. The molecule has 0 saturated heterocycles. The second-order valence-corrected chi connectivity index (χ2v) is 3.91. The molecule has 0 amide bonds. The van der Waals surface area contributed by atoms with Crippen molar-refractivity contribution >= 4 is 28.5 Å². The minimum absolute atomic E-state index is 0.000162. The third-order valence-electron chi connectivity index (χ3n) is 2.33. The number of carbonyl (C=O) groups is 1. The van der Waals surface area contributed by atoms with Crippen LogP contribution in [0.5, 0.6) is 0 Å². The highest BCUT2D eigenvalue weighted by molar-refractivity contribution is 6.30. The lowest BCUT2D eigenvalue weighted by molar-refractivity contribution is -0.136. The van der Waals surface area contributed by atoms with E-state index in [2.05, 4.69) is 4.98 Å². The zero-order valence-electron chi connectivity index (χ0n) is 8.62. The molecule has 18 heavy (non-hydrogen) atoms. The number of nitrogens with zero attached hydrogens (tertiary/aromatic N) is 1. The number of hydrogen-bond acceptors (Lipinski definition) is 2. The highest BCUT2D eigenvalue weighted by Crippen LogP contribution is 2.36. The first-order valence-corrected chi connectivity index (χ1v) is 5.07. The van der Waals surface area contributed by atoms with Gasteiger partial charge in [-0.15, -0.1) is 0 Å². The lowest BCUT2D eigenvalue weighted by Gasteiger charge is -2.11. The largest absolute Gasteiger partial charge is 0.478 e. The maximum Gasteiger partial charge on any atom is 0.417 e. The van der Waals surface area contributed by atoms with Gasteiger partial charge in [-0.2, -0.15) is 13.2 Å². The van der Waals surface area contributed by atoms with Gasteiger partial charge in [0.25, 0.3) is 0 Å². The van der Waals surface area contributed by atoms with E-state index in [9.17, 15) is 18.0 Å². The maximum atomic E-state index is 12.8. The molecule has 0 aliphatic carbocycles. The molecule has 1 N–H and O–H groups in total. The van der Waals surface area contributed by atoms with Gasteiger partial charge in [0, 0.05) is 5.39 Å². The van der Waals surface area contributed by atoms with Crippen LogP contribution in [-0.2, 0) is 6.18 Å². The number of halogens is 4. The van der Waals surface area contributed by atoms with Crippen molar-refractivity contribution < 1.29 is 23.1 Å². The number of aromatic carboxylic acids is 1. The first-order chi connectivity index (χ1) is 8.29. The summed E-state index contributed by atoms with van der Waals surface area (Å²) in [6, 6.07) is 3.98. The van der Waals surface area contributed by atoms with Gasteiger partial charge in [-0.05, 0) is 24.3 Å². The number of benzene rings is 1. The van der Waals surface area contributed by atoms with Gasteiger partial charge < -0.3 is 5.11 Å². The molecule has 0 fully saturated rings. The molecule has 0 aliphatic rings. The van der Waals surface area contributed by atoms with Crippen LogP contribution < -0.4 is 0 Å². The van der Waals surface area contributed by atoms with Gasteiger partial charge in [-0.1, -0.05) is 11.6 Å². The molecule has 1 heterocycles. The van der Waals surface area contributed by atoms with Crippen LogP contribution >= 0.6 is 11.6 Å². The molecule has 3 nitrogen and oxygen atoms in total. The third-order valence-corrected chi connectivity index (χ3v) is 2.52. The normalized spacial score (nSPS) is 11.8. The van der Waals surface area contributed by atoms with E-state index in [0.29, 0.717) is 6.07 Å². The van der Waals surface area contributed by atoms with Crippen molar-refractivity contribution in [3.8, 4) is 0 Å². The molecule has 94 valence electrons. The molecule has 0 spiro atoms. The van der Waals surface area contributed by atoms with E-state index in [-0.39, 0.29) is 21.6 Å². The molecule has 0 radical (unpaired) electrons. The standard InChI is InChI=1S/C11H5ClF3NO2/c12-9-4-7(11(13,14)15)6-3-5(10(17)18)1-2-8(6)16-9/h1-4H,(H,17,18). The van der Waals surface area contributed by atoms with Crippen LogP contribution in [0.3, 0.4) is 0 Å². The van der Waals surface area contributed by atoms with Crippen LogP contribution in [0.1, 0.15) is 15.9 Å². The van der Waals surface area contributed by atoms with Crippen molar-refractivity contribution in [2.45, 2.75) is 6.18 Å². The van der Waals surface area contributed by atoms with E-state index < -0.39 is 17.7 Å². The second-order valence-electron chi connectivity index (χ2n) is 3.53. The maximum absolute atomic E-state index is 12.8. The number of pyridine rings is 1. The highest BCUT2D eigenvalue weighted by Gasteiger charge is 2.33. The summed E-state index contributed by atoms with van der Waals surface area (Å²) in [4.78, 5) is 14.5. The van der Waals surface area contributed by atoms with Crippen molar-refractivity contribution in [3.63, 3.8) is 0 Å². The molecule has 0 unspecified atom stereocenters. The topological polar surface area (TPSA) is 50.2 Å². The van der Waals surface area contributed by atoms with Crippen LogP contribution in [0.2, 0.25) is 5.15 Å². The highest BCUT2D eigenvalue weighted by atomic mass is 35.5. The monoisotopic (exact) mass is 275 g/mol. The van der Waals surface area contributed by atoms with Crippen molar-refractivity contribution in [1.82, 2.24) is 4.98 Å². The minimum atomic E-state index is -4.62. The fraction of sp³-hybridized carbons (Fsp3) is 0.0909. The Labute approximate surface area is 104 Å². The average Bonchev–Trinajstić information content (AvgIpc) is 2.25. The van der Waals surface area contributed by atoms with Crippen LogP contribution in [0.4, 0.5) is 13.2 Å². The van der Waals surface area contributed by atoms with E-state index in [4.69, 9.17) is 16.7 Å². The van der Waals surface area contributed by atoms with Crippen LogP contribution in [0.15, 0.2) is 24.3 Å². The van der Waals surface area contributed by atoms with E-state index in [1.165, 1.54) is 12.1 Å². The Bertz CT molecular complexity index is 640. The van der Waals surface area contributed by atoms with Crippen molar-refractivity contribution in [1.29, 1.82) is 0 Å². The van der Waals surface area contributed by atoms with Gasteiger partial charge in [0.1, 0.15) is 5.15 Å². The first kappa shape index (κ1) is 12.6. The molecule has 0 aliphatic heterocycles. The smallest absolute Gasteiger partial charge is 0.417 e. The van der Waals surface area contributed by atoms with Crippen LogP contribution in [0, 0.1) is 0 Å². The number of aromatic nitrogens is 1. The Morgan fingerprint density at radius 2 is 1.94 bits per heavy atom. The Hall–Kier alpha value is -1.82. The van der Waals surface area contributed by atoms with Gasteiger partial charge in [0.15, 0.2) is 0 Å². The van der Waals surface area contributed by atoms with Crippen LogP contribution in [-0.4, -0.2) is 16.1 Å². The number of carboxylic acid groups (broad SMARTS) is 1. The van der Waals surface area contributed by atoms with Gasteiger partial charge in [0.2, 0.25) is 0 Å². The summed E-state index contributed by atoms with van der Waals surface area (Å²) in [5.74, 6) is -1.31. The molecule has 7 heteroatoms. The Morgan fingerprint density at radius 3 is 2.50 bits per heavy atom. The van der Waals surface area contributed by atoms with E-state index in [1.54, 1.807) is 0 Å². The average molecular weight is 276 g/mol. The van der Waals surface area contributed by atoms with E-state index in [1.807, 2.05) is 0 Å². The summed E-state index contributed by atoms with van der Waals surface area (Å²) >= 11 is 5.50. The van der Waals surface area contributed by atoms with Gasteiger partial charge in [0.05, 0.1) is 16.6 Å². The quantitative estimate of drug-likeness (QED) is 0.809. The van der Waals surface area contributed by atoms with Crippen LogP contribution in [0.25, 0.3) is 10.9 Å². The minimum Gasteiger partial charge on any atom is -0.478 e. The lowest BCUT2D eigenvalue weighted by Crippen LogP contribution is -2.07. The molecule has 0 bridgehead atoms. The summed E-state index contributed by atoms with van der Waals surface area (Å²) < 4.78 is 38.4. The van der Waals surface area contributed by atoms with Gasteiger partial charge in [-0.25, -0.2) is 9.78 Å².